The van der Waals surface area contributed by atoms with Gasteiger partial charge in [0, 0.05) is 14.3 Å². The maximum atomic E-state index is 8.88. The van der Waals surface area contributed by atoms with Gasteiger partial charge >= 0.3 is 0 Å². The molecule has 0 N–H and O–H groups in total. The van der Waals surface area contributed by atoms with E-state index in [4.69, 9.17) is 5.26 Å². The molecule has 0 aliphatic rings. The van der Waals surface area contributed by atoms with Gasteiger partial charge in [-0.05, 0) is 71.2 Å². The summed E-state index contributed by atoms with van der Waals surface area (Å²) in [6.07, 6.45) is 0. The van der Waals surface area contributed by atoms with Gasteiger partial charge in [0.15, 0.2) is 0 Å². The SMILES string of the molecule is Cc1ccc(Sc2ccc(C#N)c(Br)c2)cc1C. The lowest BCUT2D eigenvalue weighted by atomic mass is 10.1. The van der Waals surface area contributed by atoms with Gasteiger partial charge in [0.05, 0.1) is 5.56 Å². The summed E-state index contributed by atoms with van der Waals surface area (Å²) in [5.41, 5.74) is 3.27. The lowest BCUT2D eigenvalue weighted by Gasteiger charge is -2.06. The molecular weight excluding hydrogens is 306 g/mol. The molecule has 2 aromatic rings. The van der Waals surface area contributed by atoms with Crippen LogP contribution in [0.15, 0.2) is 50.7 Å². The molecule has 18 heavy (non-hydrogen) atoms. The Morgan fingerprint density at radius 3 is 2.28 bits per heavy atom. The van der Waals surface area contributed by atoms with E-state index in [1.807, 2.05) is 18.2 Å². The first-order chi connectivity index (χ1) is 8.60. The fraction of sp³-hybridized carbons (Fsp3) is 0.133. The van der Waals surface area contributed by atoms with Gasteiger partial charge in [0.2, 0.25) is 0 Å². The number of aryl methyl sites for hydroxylation is 2. The quantitative estimate of drug-likeness (QED) is 0.770. The van der Waals surface area contributed by atoms with E-state index in [2.05, 4.69) is 54.0 Å². The molecule has 0 aliphatic heterocycles. The Bertz CT molecular complexity index is 629. The first-order valence-electron chi connectivity index (χ1n) is 5.55. The predicted molar refractivity (Wildman–Crippen MR) is 78.9 cm³/mol. The lowest BCUT2D eigenvalue weighted by Crippen LogP contribution is -1.82. The number of hydrogen-bond donors (Lipinski definition) is 0. The van der Waals surface area contributed by atoms with Crippen molar-refractivity contribution in [3.05, 3.63) is 57.6 Å². The zero-order chi connectivity index (χ0) is 13.1. The van der Waals surface area contributed by atoms with Crippen LogP contribution in [0, 0.1) is 25.2 Å². The molecule has 0 saturated carbocycles. The Hall–Kier alpha value is -1.24. The third-order valence-corrected chi connectivity index (χ3v) is 4.41. The molecule has 2 rings (SSSR count). The molecule has 0 aliphatic carbocycles. The Morgan fingerprint density at radius 2 is 1.67 bits per heavy atom. The molecule has 0 atom stereocenters. The van der Waals surface area contributed by atoms with Crippen molar-refractivity contribution in [2.24, 2.45) is 0 Å². The highest BCUT2D eigenvalue weighted by Gasteiger charge is 2.03. The monoisotopic (exact) mass is 317 g/mol. The van der Waals surface area contributed by atoms with Crippen molar-refractivity contribution in [1.29, 1.82) is 5.26 Å². The van der Waals surface area contributed by atoms with Gasteiger partial charge in [0.1, 0.15) is 6.07 Å². The minimum absolute atomic E-state index is 0.666. The summed E-state index contributed by atoms with van der Waals surface area (Å²) in [6.45, 7) is 4.23. The second-order valence-electron chi connectivity index (χ2n) is 4.10. The van der Waals surface area contributed by atoms with Crippen LogP contribution in [0.5, 0.6) is 0 Å². The molecule has 0 bridgehead atoms. The maximum Gasteiger partial charge on any atom is 0.100 e. The number of nitriles is 1. The molecule has 90 valence electrons. The highest BCUT2D eigenvalue weighted by atomic mass is 79.9. The van der Waals surface area contributed by atoms with Gasteiger partial charge in [-0.3, -0.25) is 0 Å². The van der Waals surface area contributed by atoms with Gasteiger partial charge in [-0.15, -0.1) is 0 Å². The summed E-state index contributed by atoms with van der Waals surface area (Å²) in [4.78, 5) is 2.35. The van der Waals surface area contributed by atoms with Crippen molar-refractivity contribution in [1.82, 2.24) is 0 Å². The summed E-state index contributed by atoms with van der Waals surface area (Å²) in [6, 6.07) is 14.4. The Labute approximate surface area is 120 Å². The Morgan fingerprint density at radius 1 is 1.00 bits per heavy atom. The van der Waals surface area contributed by atoms with Gasteiger partial charge < -0.3 is 0 Å². The van der Waals surface area contributed by atoms with Gasteiger partial charge in [-0.25, -0.2) is 0 Å². The van der Waals surface area contributed by atoms with Crippen LogP contribution in [0.2, 0.25) is 0 Å². The summed E-state index contributed by atoms with van der Waals surface area (Å²) in [5.74, 6) is 0. The zero-order valence-corrected chi connectivity index (χ0v) is 12.6. The molecule has 0 amide bonds. The highest BCUT2D eigenvalue weighted by Crippen LogP contribution is 2.31. The van der Waals surface area contributed by atoms with Crippen LogP contribution in [0.25, 0.3) is 0 Å². The van der Waals surface area contributed by atoms with E-state index >= 15 is 0 Å². The van der Waals surface area contributed by atoms with E-state index in [9.17, 15) is 0 Å². The number of benzene rings is 2. The highest BCUT2D eigenvalue weighted by molar-refractivity contribution is 9.10. The molecular formula is C15H12BrNS. The second-order valence-corrected chi connectivity index (χ2v) is 6.10. The van der Waals surface area contributed by atoms with Gasteiger partial charge in [-0.2, -0.15) is 5.26 Å². The van der Waals surface area contributed by atoms with Crippen molar-refractivity contribution in [2.45, 2.75) is 23.6 Å². The molecule has 0 radical (unpaired) electrons. The molecule has 3 heteroatoms. The van der Waals surface area contributed by atoms with Crippen LogP contribution < -0.4 is 0 Å². The molecule has 0 unspecified atom stereocenters. The van der Waals surface area contributed by atoms with Crippen LogP contribution in [-0.2, 0) is 0 Å². The number of rotatable bonds is 2. The molecule has 2 aromatic carbocycles. The van der Waals surface area contributed by atoms with E-state index < -0.39 is 0 Å². The molecule has 0 aromatic heterocycles. The molecule has 0 saturated heterocycles. The summed E-state index contributed by atoms with van der Waals surface area (Å²) < 4.78 is 0.846. The average Bonchev–Trinajstić information content (AvgIpc) is 2.34. The normalized spacial score (nSPS) is 10.1. The van der Waals surface area contributed by atoms with Crippen molar-refractivity contribution in [3.63, 3.8) is 0 Å². The Kier molecular flexibility index (Phi) is 4.11. The third-order valence-electron chi connectivity index (χ3n) is 2.78. The van der Waals surface area contributed by atoms with E-state index in [1.165, 1.54) is 16.0 Å². The van der Waals surface area contributed by atoms with Crippen molar-refractivity contribution >= 4 is 27.7 Å². The first-order valence-corrected chi connectivity index (χ1v) is 7.16. The number of nitrogens with zero attached hydrogens (tertiary/aromatic N) is 1. The van der Waals surface area contributed by atoms with Crippen LogP contribution in [0.1, 0.15) is 16.7 Å². The molecule has 1 nitrogen and oxygen atoms in total. The number of halogens is 1. The molecule has 0 heterocycles. The second kappa shape index (κ2) is 5.60. The summed E-state index contributed by atoms with van der Waals surface area (Å²) in [7, 11) is 0. The minimum Gasteiger partial charge on any atom is -0.192 e. The Balaban J connectivity index is 2.26. The maximum absolute atomic E-state index is 8.88. The van der Waals surface area contributed by atoms with E-state index in [1.54, 1.807) is 11.8 Å². The first kappa shape index (κ1) is 13.2. The van der Waals surface area contributed by atoms with Crippen LogP contribution in [0.3, 0.4) is 0 Å². The summed E-state index contributed by atoms with van der Waals surface area (Å²) >= 11 is 5.12. The van der Waals surface area contributed by atoms with Crippen molar-refractivity contribution in [3.8, 4) is 6.07 Å². The van der Waals surface area contributed by atoms with E-state index in [-0.39, 0.29) is 0 Å². The fourth-order valence-corrected chi connectivity index (χ4v) is 3.14. The number of hydrogen-bond acceptors (Lipinski definition) is 2. The smallest absolute Gasteiger partial charge is 0.100 e. The minimum atomic E-state index is 0.666. The standard InChI is InChI=1S/C15H12BrNS/c1-10-3-5-13(7-11(10)2)18-14-6-4-12(9-17)15(16)8-14/h3-8H,1-2H3. The van der Waals surface area contributed by atoms with Crippen LogP contribution >= 0.6 is 27.7 Å². The lowest BCUT2D eigenvalue weighted by molar-refractivity contribution is 1.27. The van der Waals surface area contributed by atoms with Crippen molar-refractivity contribution < 1.29 is 0 Å². The summed E-state index contributed by atoms with van der Waals surface area (Å²) in [5, 5.41) is 8.88. The topological polar surface area (TPSA) is 23.8 Å². The van der Waals surface area contributed by atoms with Crippen LogP contribution in [-0.4, -0.2) is 0 Å². The average molecular weight is 318 g/mol. The fourth-order valence-electron chi connectivity index (χ4n) is 1.56. The molecule has 0 fully saturated rings. The van der Waals surface area contributed by atoms with Gasteiger partial charge in [-0.1, -0.05) is 17.8 Å². The van der Waals surface area contributed by atoms with Gasteiger partial charge in [0.25, 0.3) is 0 Å². The largest absolute Gasteiger partial charge is 0.192 e. The third kappa shape index (κ3) is 2.95. The van der Waals surface area contributed by atoms with Crippen molar-refractivity contribution in [2.75, 3.05) is 0 Å². The zero-order valence-electron chi connectivity index (χ0n) is 10.2. The van der Waals surface area contributed by atoms with Crippen LogP contribution in [0.4, 0.5) is 0 Å². The molecule has 0 spiro atoms. The predicted octanol–water partition coefficient (Wildman–Crippen LogP) is 5.09. The van der Waals surface area contributed by atoms with E-state index in [0.29, 0.717) is 5.56 Å². The van der Waals surface area contributed by atoms with E-state index in [0.717, 1.165) is 9.37 Å².